The van der Waals surface area contributed by atoms with Crippen LogP contribution in [-0.2, 0) is 11.3 Å². The summed E-state index contributed by atoms with van der Waals surface area (Å²) in [5.41, 5.74) is 5.94. The van der Waals surface area contributed by atoms with Gasteiger partial charge in [0.1, 0.15) is 0 Å². The van der Waals surface area contributed by atoms with Crippen molar-refractivity contribution in [1.82, 2.24) is 5.32 Å². The summed E-state index contributed by atoms with van der Waals surface area (Å²) in [4.78, 5) is 12.9. The molecule has 1 aliphatic carbocycles. The molecular weight excluding hydrogens is 256 g/mol. The Morgan fingerprint density at radius 2 is 2.35 bits per heavy atom. The molecule has 1 amide bonds. The number of rotatable bonds is 4. The Labute approximate surface area is 112 Å². The van der Waals surface area contributed by atoms with Gasteiger partial charge in [0, 0.05) is 17.3 Å². The van der Waals surface area contributed by atoms with E-state index in [1.807, 2.05) is 17.5 Å². The van der Waals surface area contributed by atoms with Crippen LogP contribution < -0.4 is 11.1 Å². The van der Waals surface area contributed by atoms with Crippen LogP contribution in [0, 0.1) is 5.92 Å². The molecule has 1 aromatic rings. The van der Waals surface area contributed by atoms with Crippen LogP contribution in [0.25, 0.3) is 0 Å². The summed E-state index contributed by atoms with van der Waals surface area (Å²) in [5.74, 6) is 0.527. The van der Waals surface area contributed by atoms with E-state index in [0.717, 1.165) is 12.8 Å². The second kappa shape index (κ2) is 6.99. The Kier molecular flexibility index (Phi) is 5.95. The molecule has 5 heteroatoms. The lowest BCUT2D eigenvalue weighted by atomic mass is 10.00. The van der Waals surface area contributed by atoms with Gasteiger partial charge < -0.3 is 11.1 Å². The molecule has 1 fully saturated rings. The summed E-state index contributed by atoms with van der Waals surface area (Å²) in [5, 5.41) is 4.97. The van der Waals surface area contributed by atoms with Crippen molar-refractivity contribution < 1.29 is 4.79 Å². The average Bonchev–Trinajstić information content (AvgIpc) is 2.88. The molecule has 2 atom stereocenters. The second-order valence-electron chi connectivity index (χ2n) is 4.42. The molecule has 1 heterocycles. The average molecular weight is 275 g/mol. The van der Waals surface area contributed by atoms with E-state index in [1.165, 1.54) is 11.3 Å². The normalized spacial score (nSPS) is 23.1. The molecule has 3 N–H and O–H groups in total. The van der Waals surface area contributed by atoms with E-state index in [2.05, 4.69) is 5.32 Å². The molecule has 96 valence electrons. The fourth-order valence-corrected chi connectivity index (χ4v) is 2.87. The fourth-order valence-electron chi connectivity index (χ4n) is 2.23. The highest BCUT2D eigenvalue weighted by Crippen LogP contribution is 2.26. The van der Waals surface area contributed by atoms with E-state index in [-0.39, 0.29) is 24.4 Å². The minimum atomic E-state index is 0. The van der Waals surface area contributed by atoms with Gasteiger partial charge in [-0.1, -0.05) is 12.5 Å². The molecule has 3 nitrogen and oxygen atoms in total. The highest BCUT2D eigenvalue weighted by Gasteiger charge is 2.25. The fraction of sp³-hybridized carbons (Fsp3) is 0.583. The molecule has 17 heavy (non-hydrogen) atoms. The van der Waals surface area contributed by atoms with Gasteiger partial charge in [-0.2, -0.15) is 0 Å². The van der Waals surface area contributed by atoms with Gasteiger partial charge in [-0.05, 0) is 30.2 Å². The van der Waals surface area contributed by atoms with Crippen LogP contribution in [0.5, 0.6) is 0 Å². The van der Waals surface area contributed by atoms with Crippen LogP contribution in [0.2, 0.25) is 0 Å². The van der Waals surface area contributed by atoms with E-state index >= 15 is 0 Å². The van der Waals surface area contributed by atoms with Gasteiger partial charge in [-0.25, -0.2) is 0 Å². The van der Waals surface area contributed by atoms with Crippen LogP contribution in [-0.4, -0.2) is 11.9 Å². The third-order valence-electron chi connectivity index (χ3n) is 3.21. The monoisotopic (exact) mass is 274 g/mol. The summed E-state index contributed by atoms with van der Waals surface area (Å²) in [7, 11) is 0. The van der Waals surface area contributed by atoms with Gasteiger partial charge in [-0.3, -0.25) is 4.79 Å². The van der Waals surface area contributed by atoms with Gasteiger partial charge in [0.15, 0.2) is 0 Å². The van der Waals surface area contributed by atoms with Crippen molar-refractivity contribution in [1.29, 1.82) is 0 Å². The number of carbonyl (C=O) groups is 1. The van der Waals surface area contributed by atoms with E-state index in [4.69, 9.17) is 5.73 Å². The lowest BCUT2D eigenvalue weighted by molar-refractivity contribution is -0.122. The summed E-state index contributed by atoms with van der Waals surface area (Å²) in [6, 6.07) is 4.26. The topological polar surface area (TPSA) is 55.1 Å². The zero-order chi connectivity index (χ0) is 11.4. The first-order valence-electron chi connectivity index (χ1n) is 5.80. The molecule has 1 aliphatic rings. The van der Waals surface area contributed by atoms with E-state index in [0.29, 0.717) is 18.9 Å². The van der Waals surface area contributed by atoms with Crippen LogP contribution in [0.3, 0.4) is 0 Å². The third kappa shape index (κ3) is 4.30. The number of thiophene rings is 1. The standard InChI is InChI=1S/C12H18N2OS.ClH/c13-11-5-1-3-9(11)7-12(15)14-8-10-4-2-6-16-10;/h2,4,6,9,11H,1,3,5,7-8,13H2,(H,14,15);1H/t9-,11+;/m0./s1. The van der Waals surface area contributed by atoms with Crippen LogP contribution >= 0.6 is 23.7 Å². The van der Waals surface area contributed by atoms with Gasteiger partial charge in [-0.15, -0.1) is 23.7 Å². The van der Waals surface area contributed by atoms with Crippen molar-refractivity contribution >= 4 is 29.7 Å². The maximum atomic E-state index is 11.7. The number of halogens is 1. The van der Waals surface area contributed by atoms with Crippen LogP contribution in [0.1, 0.15) is 30.6 Å². The van der Waals surface area contributed by atoms with Gasteiger partial charge in [0.05, 0.1) is 6.54 Å². The van der Waals surface area contributed by atoms with E-state index in [1.54, 1.807) is 11.3 Å². The molecule has 0 bridgehead atoms. The van der Waals surface area contributed by atoms with E-state index in [9.17, 15) is 4.79 Å². The van der Waals surface area contributed by atoms with Crippen molar-refractivity contribution in [3.63, 3.8) is 0 Å². The first-order chi connectivity index (χ1) is 7.75. The van der Waals surface area contributed by atoms with E-state index < -0.39 is 0 Å². The predicted octanol–water partition coefficient (Wildman–Crippen LogP) is 2.30. The summed E-state index contributed by atoms with van der Waals surface area (Å²) >= 11 is 1.67. The first kappa shape index (κ1) is 14.5. The Hall–Kier alpha value is -0.580. The van der Waals surface area contributed by atoms with Crippen molar-refractivity contribution in [2.45, 2.75) is 38.3 Å². The lowest BCUT2D eigenvalue weighted by Crippen LogP contribution is -2.31. The SMILES string of the molecule is Cl.N[C@@H]1CCC[C@H]1CC(=O)NCc1cccs1. The highest BCUT2D eigenvalue weighted by atomic mass is 35.5. The largest absolute Gasteiger partial charge is 0.351 e. The number of hydrogen-bond acceptors (Lipinski definition) is 3. The number of nitrogens with one attached hydrogen (secondary N) is 1. The van der Waals surface area contributed by atoms with Crippen molar-refractivity contribution in [3.8, 4) is 0 Å². The maximum absolute atomic E-state index is 11.7. The zero-order valence-electron chi connectivity index (χ0n) is 9.72. The molecule has 0 spiro atoms. The quantitative estimate of drug-likeness (QED) is 0.885. The molecule has 0 aliphatic heterocycles. The van der Waals surface area contributed by atoms with Gasteiger partial charge in [0.2, 0.25) is 5.91 Å². The molecule has 0 saturated heterocycles. The minimum absolute atomic E-state index is 0. The number of amides is 1. The second-order valence-corrected chi connectivity index (χ2v) is 5.45. The van der Waals surface area contributed by atoms with Gasteiger partial charge >= 0.3 is 0 Å². The van der Waals surface area contributed by atoms with Crippen LogP contribution in [0.15, 0.2) is 17.5 Å². The Bertz CT molecular complexity index is 342. The summed E-state index contributed by atoms with van der Waals surface area (Å²) in [6.07, 6.45) is 3.94. The summed E-state index contributed by atoms with van der Waals surface area (Å²) < 4.78 is 0. The third-order valence-corrected chi connectivity index (χ3v) is 4.08. The maximum Gasteiger partial charge on any atom is 0.220 e. The Balaban J connectivity index is 0.00000144. The number of nitrogens with two attached hydrogens (primary N) is 1. The van der Waals surface area contributed by atoms with Crippen molar-refractivity contribution in [2.24, 2.45) is 11.7 Å². The van der Waals surface area contributed by atoms with Crippen molar-refractivity contribution in [2.75, 3.05) is 0 Å². The van der Waals surface area contributed by atoms with Crippen LogP contribution in [0.4, 0.5) is 0 Å². The highest BCUT2D eigenvalue weighted by molar-refractivity contribution is 7.09. The zero-order valence-corrected chi connectivity index (χ0v) is 11.4. The molecule has 2 rings (SSSR count). The smallest absolute Gasteiger partial charge is 0.220 e. The molecular formula is C12H19ClN2OS. The molecule has 0 aromatic carbocycles. The molecule has 1 saturated carbocycles. The van der Waals surface area contributed by atoms with Crippen molar-refractivity contribution in [3.05, 3.63) is 22.4 Å². The molecule has 0 unspecified atom stereocenters. The van der Waals surface area contributed by atoms with Gasteiger partial charge in [0.25, 0.3) is 0 Å². The number of carbonyl (C=O) groups excluding carboxylic acids is 1. The Morgan fingerprint density at radius 3 is 2.94 bits per heavy atom. The predicted molar refractivity (Wildman–Crippen MR) is 73.3 cm³/mol. The Morgan fingerprint density at radius 1 is 1.53 bits per heavy atom. The minimum Gasteiger partial charge on any atom is -0.351 e. The molecule has 1 aromatic heterocycles. The summed E-state index contributed by atoms with van der Waals surface area (Å²) in [6.45, 7) is 0.651. The first-order valence-corrected chi connectivity index (χ1v) is 6.68. The number of hydrogen-bond donors (Lipinski definition) is 2. The molecule has 0 radical (unpaired) electrons. The lowest BCUT2D eigenvalue weighted by Gasteiger charge is -2.14.